The lowest BCUT2D eigenvalue weighted by Crippen LogP contribution is -2.25. The lowest BCUT2D eigenvalue weighted by molar-refractivity contribution is 0.0772. The Kier molecular flexibility index (Phi) is 2.34. The number of nitrogens with zero attached hydrogens (tertiary/aromatic N) is 1. The van der Waals surface area contributed by atoms with E-state index in [9.17, 15) is 9.18 Å². The third-order valence-corrected chi connectivity index (χ3v) is 2.51. The van der Waals surface area contributed by atoms with Crippen molar-refractivity contribution in [2.24, 2.45) is 5.41 Å². The van der Waals surface area contributed by atoms with Crippen LogP contribution in [0.2, 0.25) is 0 Å². The molecule has 1 heterocycles. The largest absolute Gasteiger partial charge is 0.287 e. The summed E-state index contributed by atoms with van der Waals surface area (Å²) in [6, 6.07) is 6.19. The predicted octanol–water partition coefficient (Wildman–Crippen LogP) is 3.47. The fourth-order valence-corrected chi connectivity index (χ4v) is 1.65. The highest BCUT2D eigenvalue weighted by Crippen LogP contribution is 2.22. The average Bonchev–Trinajstić information content (AvgIpc) is 2.57. The minimum absolute atomic E-state index is 0.00843. The first kappa shape index (κ1) is 10.9. The molecule has 0 saturated heterocycles. The van der Waals surface area contributed by atoms with E-state index in [1.807, 2.05) is 20.8 Å². The number of rotatable bonds is 0. The summed E-state index contributed by atoms with van der Waals surface area (Å²) in [5.74, 6) is -0.275. The second-order valence-electron chi connectivity index (χ2n) is 4.94. The van der Waals surface area contributed by atoms with E-state index >= 15 is 0 Å². The molecular formula is C13H14FNO. The molecule has 0 saturated carbocycles. The fourth-order valence-electron chi connectivity index (χ4n) is 1.65. The molecule has 0 amide bonds. The zero-order valence-electron chi connectivity index (χ0n) is 9.62. The zero-order chi connectivity index (χ0) is 11.9. The maximum absolute atomic E-state index is 13.0. The smallest absolute Gasteiger partial charge is 0.236 e. The van der Waals surface area contributed by atoms with Crippen molar-refractivity contribution in [1.29, 1.82) is 0 Å². The van der Waals surface area contributed by atoms with E-state index in [0.29, 0.717) is 0 Å². The molecular weight excluding hydrogens is 205 g/mol. The molecule has 0 aliphatic carbocycles. The minimum Gasteiger partial charge on any atom is -0.287 e. The molecule has 1 aromatic heterocycles. The van der Waals surface area contributed by atoms with Crippen LogP contribution in [0.1, 0.15) is 25.6 Å². The fraction of sp³-hybridized carbons (Fsp3) is 0.308. The standard InChI is InChI=1S/C13H14FNO/c1-13(2,3)12(16)15-7-6-9-8-10(14)4-5-11(9)15/h4-8H,1-3H3. The van der Waals surface area contributed by atoms with Crippen LogP contribution in [0.15, 0.2) is 30.5 Å². The Hall–Kier alpha value is -1.64. The van der Waals surface area contributed by atoms with Crippen molar-refractivity contribution in [3.8, 4) is 0 Å². The van der Waals surface area contributed by atoms with E-state index in [0.717, 1.165) is 10.9 Å². The predicted molar refractivity (Wildman–Crippen MR) is 62.0 cm³/mol. The maximum atomic E-state index is 13.0. The van der Waals surface area contributed by atoms with Crippen LogP contribution in [-0.2, 0) is 0 Å². The van der Waals surface area contributed by atoms with Crippen LogP contribution < -0.4 is 0 Å². The van der Waals surface area contributed by atoms with Gasteiger partial charge in [-0.1, -0.05) is 20.8 Å². The average molecular weight is 219 g/mol. The van der Waals surface area contributed by atoms with E-state index in [-0.39, 0.29) is 11.7 Å². The molecule has 0 spiro atoms. The van der Waals surface area contributed by atoms with Gasteiger partial charge < -0.3 is 0 Å². The monoisotopic (exact) mass is 219 g/mol. The molecule has 0 bridgehead atoms. The number of hydrogen-bond acceptors (Lipinski definition) is 1. The van der Waals surface area contributed by atoms with Gasteiger partial charge in [-0.25, -0.2) is 4.39 Å². The van der Waals surface area contributed by atoms with Gasteiger partial charge in [0.25, 0.3) is 0 Å². The lowest BCUT2D eigenvalue weighted by Gasteiger charge is -2.17. The molecule has 0 unspecified atom stereocenters. The number of fused-ring (bicyclic) bond motifs is 1. The first-order valence-corrected chi connectivity index (χ1v) is 5.21. The molecule has 2 nitrogen and oxygen atoms in total. The Balaban J connectivity index is 2.59. The molecule has 0 atom stereocenters. The highest BCUT2D eigenvalue weighted by atomic mass is 19.1. The second-order valence-corrected chi connectivity index (χ2v) is 4.94. The first-order chi connectivity index (χ1) is 7.39. The highest BCUT2D eigenvalue weighted by molar-refractivity contribution is 5.94. The summed E-state index contributed by atoms with van der Waals surface area (Å²) in [7, 11) is 0. The molecule has 2 rings (SSSR count). The second kappa shape index (κ2) is 3.44. The normalized spacial score (nSPS) is 12.0. The van der Waals surface area contributed by atoms with Gasteiger partial charge in [0.2, 0.25) is 5.91 Å². The van der Waals surface area contributed by atoms with Crippen molar-refractivity contribution in [2.75, 3.05) is 0 Å². The molecule has 0 aliphatic rings. The Bertz CT molecular complexity index is 549. The number of aromatic nitrogens is 1. The molecule has 0 aliphatic heterocycles. The van der Waals surface area contributed by atoms with Gasteiger partial charge in [-0.05, 0) is 24.3 Å². The van der Waals surface area contributed by atoms with Crippen molar-refractivity contribution < 1.29 is 9.18 Å². The number of carbonyl (C=O) groups excluding carboxylic acids is 1. The van der Waals surface area contributed by atoms with Crippen LogP contribution in [-0.4, -0.2) is 10.5 Å². The summed E-state index contributed by atoms with van der Waals surface area (Å²) in [4.78, 5) is 12.1. The summed E-state index contributed by atoms with van der Waals surface area (Å²) in [6.07, 6.45) is 1.69. The van der Waals surface area contributed by atoms with E-state index in [1.165, 1.54) is 12.1 Å². The van der Waals surface area contributed by atoms with Crippen LogP contribution in [0.5, 0.6) is 0 Å². The van der Waals surface area contributed by atoms with Crippen LogP contribution >= 0.6 is 0 Å². The topological polar surface area (TPSA) is 22.0 Å². The Morgan fingerprint density at radius 3 is 2.56 bits per heavy atom. The van der Waals surface area contributed by atoms with Gasteiger partial charge in [0.1, 0.15) is 5.82 Å². The van der Waals surface area contributed by atoms with Gasteiger partial charge >= 0.3 is 0 Å². The van der Waals surface area contributed by atoms with E-state index < -0.39 is 5.41 Å². The number of carbonyl (C=O) groups is 1. The molecule has 0 radical (unpaired) electrons. The van der Waals surface area contributed by atoms with Crippen LogP contribution in [0.3, 0.4) is 0 Å². The van der Waals surface area contributed by atoms with Gasteiger partial charge in [-0.15, -0.1) is 0 Å². The van der Waals surface area contributed by atoms with Crippen LogP contribution in [0, 0.1) is 11.2 Å². The summed E-state index contributed by atoms with van der Waals surface area (Å²) in [6.45, 7) is 5.60. The number of halogens is 1. The van der Waals surface area contributed by atoms with Crippen molar-refractivity contribution in [3.05, 3.63) is 36.3 Å². The van der Waals surface area contributed by atoms with Gasteiger partial charge in [-0.3, -0.25) is 9.36 Å². The first-order valence-electron chi connectivity index (χ1n) is 5.21. The molecule has 2 aromatic rings. The van der Waals surface area contributed by atoms with Crippen molar-refractivity contribution >= 4 is 16.8 Å². The molecule has 3 heteroatoms. The SMILES string of the molecule is CC(C)(C)C(=O)n1ccc2cc(F)ccc21. The quantitative estimate of drug-likeness (QED) is 0.665. The third kappa shape index (κ3) is 1.73. The zero-order valence-corrected chi connectivity index (χ0v) is 9.62. The Morgan fingerprint density at radius 1 is 1.25 bits per heavy atom. The van der Waals surface area contributed by atoms with E-state index in [2.05, 4.69) is 0 Å². The van der Waals surface area contributed by atoms with E-state index in [1.54, 1.807) is 22.9 Å². The summed E-state index contributed by atoms with van der Waals surface area (Å²) < 4.78 is 14.6. The minimum atomic E-state index is -0.444. The molecule has 0 fully saturated rings. The highest BCUT2D eigenvalue weighted by Gasteiger charge is 2.23. The third-order valence-electron chi connectivity index (χ3n) is 2.51. The van der Waals surface area contributed by atoms with Crippen molar-refractivity contribution in [3.63, 3.8) is 0 Å². The number of benzene rings is 1. The number of hydrogen-bond donors (Lipinski definition) is 0. The Morgan fingerprint density at radius 2 is 1.94 bits per heavy atom. The maximum Gasteiger partial charge on any atom is 0.236 e. The van der Waals surface area contributed by atoms with Crippen LogP contribution in [0.4, 0.5) is 4.39 Å². The molecule has 1 aromatic carbocycles. The van der Waals surface area contributed by atoms with Crippen molar-refractivity contribution in [1.82, 2.24) is 4.57 Å². The molecule has 84 valence electrons. The van der Waals surface area contributed by atoms with Gasteiger partial charge in [0.05, 0.1) is 5.52 Å². The lowest BCUT2D eigenvalue weighted by atomic mass is 9.95. The summed E-state index contributed by atoms with van der Waals surface area (Å²) in [5.41, 5.74) is 0.307. The van der Waals surface area contributed by atoms with Gasteiger partial charge in [0.15, 0.2) is 0 Å². The van der Waals surface area contributed by atoms with Gasteiger partial charge in [-0.2, -0.15) is 0 Å². The van der Waals surface area contributed by atoms with Crippen molar-refractivity contribution in [2.45, 2.75) is 20.8 Å². The molecule has 16 heavy (non-hydrogen) atoms. The molecule has 0 N–H and O–H groups in total. The summed E-state index contributed by atoms with van der Waals surface area (Å²) >= 11 is 0. The van der Waals surface area contributed by atoms with Crippen LogP contribution in [0.25, 0.3) is 10.9 Å². The van der Waals surface area contributed by atoms with Gasteiger partial charge in [0, 0.05) is 17.0 Å². The Labute approximate surface area is 93.7 Å². The van der Waals surface area contributed by atoms with E-state index in [4.69, 9.17) is 0 Å². The summed E-state index contributed by atoms with van der Waals surface area (Å²) in [5, 5.41) is 0.748.